The number of alkyl halides is 3. The Morgan fingerprint density at radius 3 is 1.43 bits per heavy atom. The normalized spacial score (nSPS) is 14.6. The van der Waals surface area contributed by atoms with Crippen LogP contribution in [-0.2, 0) is 10.1 Å². The van der Waals surface area contributed by atoms with Gasteiger partial charge in [0.2, 0.25) is 0 Å². The van der Waals surface area contributed by atoms with Crippen LogP contribution in [0.4, 0.5) is 13.2 Å². The summed E-state index contributed by atoms with van der Waals surface area (Å²) in [6, 6.07) is 0. The van der Waals surface area contributed by atoms with Crippen molar-refractivity contribution in [2.75, 3.05) is 14.1 Å². The Hall–Kier alpha value is -0.380. The molecule has 0 aromatic rings. The Labute approximate surface area is 79.9 Å². The molecule has 2 N–H and O–H groups in total. The predicted molar refractivity (Wildman–Crippen MR) is 43.0 cm³/mol. The molecule has 0 spiro atoms. The van der Waals surface area contributed by atoms with Gasteiger partial charge < -0.3 is 5.11 Å². The molecule has 1 unspecified atom stereocenters. The highest BCUT2D eigenvalue weighted by molar-refractivity contribution is 7.86. The Bertz CT molecular complexity index is 240. The van der Waals surface area contributed by atoms with Crippen LogP contribution in [0.25, 0.3) is 0 Å². The molecule has 0 radical (unpaired) electrons. The van der Waals surface area contributed by atoms with Crippen LogP contribution < -0.4 is 0 Å². The highest BCUT2D eigenvalue weighted by Gasteiger charge is 2.44. The quantitative estimate of drug-likeness (QED) is 0.390. The first-order valence-corrected chi connectivity index (χ1v) is 4.72. The monoisotopic (exact) mass is 239 g/mol. The molecule has 1 atom stereocenters. The van der Waals surface area contributed by atoms with E-state index in [0.717, 1.165) is 0 Å². The summed E-state index contributed by atoms with van der Waals surface area (Å²) in [4.78, 5) is 1.72. The van der Waals surface area contributed by atoms with E-state index < -0.39 is 15.6 Å². The third-order valence-corrected chi connectivity index (χ3v) is 1.62. The molecule has 5 nitrogen and oxygen atoms in total. The summed E-state index contributed by atoms with van der Waals surface area (Å²) in [6.45, 7) is 1.72. The summed E-state index contributed by atoms with van der Waals surface area (Å²) >= 11 is 0. The summed E-state index contributed by atoms with van der Waals surface area (Å²) in [5.74, 6) is 0. The first-order chi connectivity index (χ1) is 5.89. The predicted octanol–water partition coefficient (Wildman–Crippen LogP) is 0.280. The maximum atomic E-state index is 10.7. The maximum Gasteiger partial charge on any atom is 0.522 e. The molecule has 0 aromatic heterocycles. The number of rotatable bonds is 1. The number of hydrogen-bond acceptors (Lipinski definition) is 4. The average Bonchev–Trinajstić information content (AvgIpc) is 1.83. The molecular formula is C5H12F3NO4S. The first-order valence-electron chi connectivity index (χ1n) is 3.28. The van der Waals surface area contributed by atoms with Crippen LogP contribution in [-0.4, -0.2) is 48.8 Å². The van der Waals surface area contributed by atoms with Crippen LogP contribution in [0.15, 0.2) is 0 Å². The second kappa shape index (κ2) is 5.49. The van der Waals surface area contributed by atoms with Crippen molar-refractivity contribution >= 4 is 10.1 Å². The largest absolute Gasteiger partial charge is 0.522 e. The van der Waals surface area contributed by atoms with Gasteiger partial charge in [0.25, 0.3) is 0 Å². The molecule has 88 valence electrons. The standard InChI is InChI=1S/C4H11NO.CHF3O3S/c1-4(6)5(2)3;2-1(3,4)8(5,6)7/h4,6H,1-3H3;(H,5,6,7). The van der Waals surface area contributed by atoms with E-state index in [1.165, 1.54) is 0 Å². The minimum atomic E-state index is -5.84. The summed E-state index contributed by atoms with van der Waals surface area (Å²) in [5, 5.41) is 8.56. The van der Waals surface area contributed by atoms with E-state index in [1.54, 1.807) is 11.8 Å². The van der Waals surface area contributed by atoms with Gasteiger partial charge in [0, 0.05) is 0 Å². The number of aliphatic hydroxyl groups is 1. The van der Waals surface area contributed by atoms with Gasteiger partial charge in [-0.1, -0.05) is 0 Å². The van der Waals surface area contributed by atoms with E-state index in [9.17, 15) is 13.2 Å². The lowest BCUT2D eigenvalue weighted by atomic mass is 10.6. The number of halogens is 3. The van der Waals surface area contributed by atoms with Crippen LogP contribution in [0.3, 0.4) is 0 Å². The Morgan fingerprint density at radius 2 is 1.43 bits per heavy atom. The molecule has 0 aliphatic rings. The molecule has 0 amide bonds. The van der Waals surface area contributed by atoms with Gasteiger partial charge in [0.05, 0.1) is 0 Å². The molecule has 0 saturated carbocycles. The van der Waals surface area contributed by atoms with Gasteiger partial charge >= 0.3 is 15.6 Å². The Kier molecular flexibility index (Phi) is 6.30. The lowest BCUT2D eigenvalue weighted by molar-refractivity contribution is -0.0510. The summed E-state index contributed by atoms with van der Waals surface area (Å²) in [6.07, 6.45) is -0.315. The molecule has 0 saturated heterocycles. The molecule has 0 fully saturated rings. The fraction of sp³-hybridized carbons (Fsp3) is 1.00. The number of hydrogen-bond donors (Lipinski definition) is 2. The third-order valence-electron chi connectivity index (χ3n) is 1.04. The van der Waals surface area contributed by atoms with Gasteiger partial charge in [-0.2, -0.15) is 21.6 Å². The van der Waals surface area contributed by atoms with Crippen molar-refractivity contribution in [1.29, 1.82) is 0 Å². The zero-order valence-electron chi connectivity index (χ0n) is 7.78. The minimum Gasteiger partial charge on any atom is -0.379 e. The van der Waals surface area contributed by atoms with Crippen molar-refractivity contribution in [2.24, 2.45) is 0 Å². The highest BCUT2D eigenvalue weighted by Crippen LogP contribution is 2.20. The zero-order chi connectivity index (χ0) is 12.2. The van der Waals surface area contributed by atoms with Crippen molar-refractivity contribution < 1.29 is 31.2 Å². The van der Waals surface area contributed by atoms with E-state index in [4.69, 9.17) is 18.1 Å². The molecule has 0 aliphatic heterocycles. The minimum absolute atomic E-state index is 0.315. The molecule has 0 bridgehead atoms. The summed E-state index contributed by atoms with van der Waals surface area (Å²) in [5.41, 5.74) is -5.53. The van der Waals surface area contributed by atoms with Gasteiger partial charge in [-0.3, -0.25) is 9.45 Å². The second-order valence-corrected chi connectivity index (χ2v) is 3.93. The van der Waals surface area contributed by atoms with Crippen LogP contribution in [0.5, 0.6) is 0 Å². The van der Waals surface area contributed by atoms with E-state index in [1.807, 2.05) is 14.1 Å². The van der Waals surface area contributed by atoms with Crippen LogP contribution >= 0.6 is 0 Å². The van der Waals surface area contributed by atoms with E-state index >= 15 is 0 Å². The Balaban J connectivity index is 0. The molecule has 0 rings (SSSR count). The molecule has 9 heteroatoms. The lowest BCUT2D eigenvalue weighted by Gasteiger charge is -2.11. The van der Waals surface area contributed by atoms with Crippen molar-refractivity contribution in [3.8, 4) is 0 Å². The smallest absolute Gasteiger partial charge is 0.379 e. The SMILES string of the molecule is CC(O)N(C)C.O=S(=O)(O)C(F)(F)F. The fourth-order valence-corrected chi connectivity index (χ4v) is 0. The van der Waals surface area contributed by atoms with Gasteiger partial charge in [-0.05, 0) is 21.0 Å². The molecule has 0 aliphatic carbocycles. The van der Waals surface area contributed by atoms with Crippen molar-refractivity contribution in [3.63, 3.8) is 0 Å². The molecular weight excluding hydrogens is 227 g/mol. The number of nitrogens with zero attached hydrogens (tertiary/aromatic N) is 1. The summed E-state index contributed by atoms with van der Waals surface area (Å²) in [7, 11) is -2.19. The lowest BCUT2D eigenvalue weighted by Crippen LogP contribution is -2.23. The zero-order valence-corrected chi connectivity index (χ0v) is 8.59. The molecule has 0 heterocycles. The van der Waals surface area contributed by atoms with Gasteiger partial charge in [0.1, 0.15) is 6.23 Å². The van der Waals surface area contributed by atoms with E-state index in [0.29, 0.717) is 0 Å². The van der Waals surface area contributed by atoms with E-state index in [2.05, 4.69) is 0 Å². The summed E-state index contributed by atoms with van der Waals surface area (Å²) < 4.78 is 57.5. The van der Waals surface area contributed by atoms with Crippen molar-refractivity contribution in [3.05, 3.63) is 0 Å². The van der Waals surface area contributed by atoms with Crippen LogP contribution in [0.1, 0.15) is 6.92 Å². The van der Waals surface area contributed by atoms with Crippen molar-refractivity contribution in [1.82, 2.24) is 4.90 Å². The fourth-order valence-electron chi connectivity index (χ4n) is 0. The Morgan fingerprint density at radius 1 is 1.29 bits per heavy atom. The number of aliphatic hydroxyl groups excluding tert-OH is 1. The van der Waals surface area contributed by atoms with Gasteiger partial charge in [0.15, 0.2) is 0 Å². The van der Waals surface area contributed by atoms with Crippen LogP contribution in [0.2, 0.25) is 0 Å². The van der Waals surface area contributed by atoms with Crippen LogP contribution in [0, 0.1) is 0 Å². The molecule has 14 heavy (non-hydrogen) atoms. The first kappa shape index (κ1) is 16.1. The topological polar surface area (TPSA) is 77.8 Å². The highest BCUT2D eigenvalue weighted by atomic mass is 32.2. The van der Waals surface area contributed by atoms with Crippen molar-refractivity contribution in [2.45, 2.75) is 18.7 Å². The third kappa shape index (κ3) is 8.23. The molecule has 0 aromatic carbocycles. The second-order valence-electron chi connectivity index (χ2n) is 2.52. The van der Waals surface area contributed by atoms with Gasteiger partial charge in [-0.25, -0.2) is 0 Å². The van der Waals surface area contributed by atoms with Gasteiger partial charge in [-0.15, -0.1) is 0 Å². The van der Waals surface area contributed by atoms with E-state index in [-0.39, 0.29) is 6.23 Å². The average molecular weight is 239 g/mol. The maximum absolute atomic E-state index is 10.7.